The van der Waals surface area contributed by atoms with E-state index in [0.29, 0.717) is 0 Å². The van der Waals surface area contributed by atoms with Gasteiger partial charge in [0, 0.05) is 42.2 Å². The van der Waals surface area contributed by atoms with Crippen molar-refractivity contribution in [3.8, 4) is 33.4 Å². The molecule has 1 nitrogen and oxygen atoms in total. The van der Waals surface area contributed by atoms with Gasteiger partial charge in [-0.15, -0.1) is 11.3 Å². The maximum Gasteiger partial charge on any atom is 0.143 e. The Balaban J connectivity index is 1.40. The van der Waals surface area contributed by atoms with Crippen LogP contribution < -0.4 is 0 Å². The lowest BCUT2D eigenvalue weighted by Crippen LogP contribution is -1.91. The second-order valence-electron chi connectivity index (χ2n) is 12.0. The highest BCUT2D eigenvalue weighted by Crippen LogP contribution is 2.51. The third-order valence-electron chi connectivity index (χ3n) is 9.53. The van der Waals surface area contributed by atoms with E-state index in [4.69, 9.17) is 4.42 Å². The molecule has 0 atom stereocenters. The summed E-state index contributed by atoms with van der Waals surface area (Å²) in [5.41, 5.74) is 8.10. The second-order valence-corrected chi connectivity index (χ2v) is 13.1. The first-order chi connectivity index (χ1) is 22.8. The van der Waals surface area contributed by atoms with Gasteiger partial charge in [-0.05, 0) is 61.1 Å². The summed E-state index contributed by atoms with van der Waals surface area (Å²) >= 11 is 1.87. The first-order valence-electron chi connectivity index (χ1n) is 15.7. The first kappa shape index (κ1) is 25.6. The molecule has 46 heavy (non-hydrogen) atoms. The fourth-order valence-corrected chi connectivity index (χ4v) is 8.76. The molecule has 214 valence electrons. The van der Waals surface area contributed by atoms with Gasteiger partial charge in [-0.1, -0.05) is 140 Å². The van der Waals surface area contributed by atoms with E-state index in [2.05, 4.69) is 152 Å². The molecule has 0 N–H and O–H groups in total. The Labute approximate surface area is 269 Å². The lowest BCUT2D eigenvalue weighted by molar-refractivity contribution is 0.618. The molecule has 2 heterocycles. The first-order valence-corrected chi connectivity index (χ1v) is 16.5. The smallest absolute Gasteiger partial charge is 0.143 e. The maximum absolute atomic E-state index is 6.78. The Hall–Kier alpha value is -5.70. The number of hydrogen-bond donors (Lipinski definition) is 0. The van der Waals surface area contributed by atoms with Crippen molar-refractivity contribution in [2.24, 2.45) is 0 Å². The summed E-state index contributed by atoms with van der Waals surface area (Å²) in [5, 5.41) is 11.1. The lowest BCUT2D eigenvalue weighted by Gasteiger charge is -2.18. The third-order valence-corrected chi connectivity index (χ3v) is 10.6. The van der Waals surface area contributed by atoms with E-state index >= 15 is 0 Å². The van der Waals surface area contributed by atoms with Crippen molar-refractivity contribution in [3.05, 3.63) is 158 Å². The lowest BCUT2D eigenvalue weighted by atomic mass is 9.85. The summed E-state index contributed by atoms with van der Waals surface area (Å²) in [4.78, 5) is 0. The average molecular weight is 603 g/mol. The van der Waals surface area contributed by atoms with Crippen LogP contribution >= 0.6 is 11.3 Å². The molecule has 2 heteroatoms. The van der Waals surface area contributed by atoms with Crippen LogP contribution in [0.3, 0.4) is 0 Å². The highest BCUT2D eigenvalue weighted by Gasteiger charge is 2.24. The second kappa shape index (κ2) is 9.90. The van der Waals surface area contributed by atoms with Crippen LogP contribution in [0.4, 0.5) is 0 Å². The number of thiophene rings is 1. The molecule has 0 unspecified atom stereocenters. The maximum atomic E-state index is 6.78. The van der Waals surface area contributed by atoms with Crippen molar-refractivity contribution >= 4 is 74.8 Å². The molecular weight excluding hydrogens is 577 g/mol. The van der Waals surface area contributed by atoms with E-state index in [1.54, 1.807) is 0 Å². The molecule has 2 aromatic heterocycles. The van der Waals surface area contributed by atoms with Gasteiger partial charge in [0.1, 0.15) is 5.58 Å². The summed E-state index contributed by atoms with van der Waals surface area (Å²) in [5.74, 6) is 0. The van der Waals surface area contributed by atoms with Crippen molar-refractivity contribution in [2.75, 3.05) is 0 Å². The van der Waals surface area contributed by atoms with E-state index in [1.807, 2.05) is 17.6 Å². The van der Waals surface area contributed by atoms with Gasteiger partial charge in [0.05, 0.1) is 6.26 Å². The summed E-state index contributed by atoms with van der Waals surface area (Å²) in [6, 6.07) is 54.9. The molecule has 0 amide bonds. The molecule has 0 radical (unpaired) electrons. The molecule has 8 aromatic carbocycles. The molecule has 0 bridgehead atoms. The van der Waals surface area contributed by atoms with Crippen molar-refractivity contribution in [3.63, 3.8) is 0 Å². The average Bonchev–Trinajstić information content (AvgIpc) is 3.72. The molecule has 10 rings (SSSR count). The fraction of sp³-hybridized carbons (Fsp3) is 0. The van der Waals surface area contributed by atoms with E-state index in [-0.39, 0.29) is 0 Å². The molecular formula is C44H26OS. The van der Waals surface area contributed by atoms with Crippen LogP contribution in [0.1, 0.15) is 0 Å². The predicted molar refractivity (Wildman–Crippen MR) is 198 cm³/mol. The van der Waals surface area contributed by atoms with Crippen molar-refractivity contribution in [1.82, 2.24) is 0 Å². The van der Waals surface area contributed by atoms with E-state index in [1.165, 1.54) is 80.1 Å². The number of benzene rings is 8. The van der Waals surface area contributed by atoms with Gasteiger partial charge in [0.2, 0.25) is 0 Å². The van der Waals surface area contributed by atoms with E-state index in [0.717, 1.165) is 16.7 Å². The van der Waals surface area contributed by atoms with E-state index < -0.39 is 0 Å². The monoisotopic (exact) mass is 602 g/mol. The largest absolute Gasteiger partial charge is 0.463 e. The van der Waals surface area contributed by atoms with Gasteiger partial charge in [0.25, 0.3) is 0 Å². The molecule has 0 aliphatic carbocycles. The van der Waals surface area contributed by atoms with Crippen molar-refractivity contribution in [2.45, 2.75) is 0 Å². The molecule has 0 saturated carbocycles. The Morgan fingerprint density at radius 2 is 0.978 bits per heavy atom. The molecule has 0 fully saturated rings. The Morgan fingerprint density at radius 1 is 0.391 bits per heavy atom. The minimum Gasteiger partial charge on any atom is -0.463 e. The van der Waals surface area contributed by atoms with Crippen LogP contribution in [0.15, 0.2) is 162 Å². The summed E-state index contributed by atoms with van der Waals surface area (Å²) in [7, 11) is 0. The van der Waals surface area contributed by atoms with Gasteiger partial charge < -0.3 is 4.42 Å². The standard InChI is InChI=1S/C44H26OS/c1-2-14-28(15-3-1)40-31-18-6-8-20-33(31)41(34-21-9-7-19-32(34)40)36-25-39-42(35-22-10-11-24-38(35)46-39)43-37(26-45-44(36)43)30-23-12-16-27-13-4-5-17-29(27)30/h1-26H. The summed E-state index contributed by atoms with van der Waals surface area (Å²) in [6.07, 6.45) is 1.99. The Morgan fingerprint density at radius 3 is 1.72 bits per heavy atom. The predicted octanol–water partition coefficient (Wildman–Crippen LogP) is 13.3. The van der Waals surface area contributed by atoms with Crippen LogP contribution in [-0.4, -0.2) is 0 Å². The van der Waals surface area contributed by atoms with Crippen LogP contribution in [0.2, 0.25) is 0 Å². The third kappa shape index (κ3) is 3.62. The van der Waals surface area contributed by atoms with Crippen LogP contribution in [0, 0.1) is 0 Å². The minimum absolute atomic E-state index is 0.932. The van der Waals surface area contributed by atoms with Crippen LogP contribution in [0.25, 0.3) is 96.8 Å². The quantitative estimate of drug-likeness (QED) is 0.183. The normalized spacial score (nSPS) is 11.9. The zero-order valence-corrected chi connectivity index (χ0v) is 25.6. The molecule has 0 saturated heterocycles. The van der Waals surface area contributed by atoms with Crippen LogP contribution in [-0.2, 0) is 0 Å². The van der Waals surface area contributed by atoms with Crippen molar-refractivity contribution < 1.29 is 4.42 Å². The van der Waals surface area contributed by atoms with Crippen LogP contribution in [0.5, 0.6) is 0 Å². The topological polar surface area (TPSA) is 13.1 Å². The highest BCUT2D eigenvalue weighted by molar-refractivity contribution is 7.26. The van der Waals surface area contributed by atoms with Gasteiger partial charge in [-0.3, -0.25) is 0 Å². The van der Waals surface area contributed by atoms with E-state index in [9.17, 15) is 0 Å². The van der Waals surface area contributed by atoms with Gasteiger partial charge in [-0.2, -0.15) is 0 Å². The Kier molecular flexibility index (Phi) is 5.51. The summed E-state index contributed by atoms with van der Waals surface area (Å²) < 4.78 is 9.34. The fourth-order valence-electron chi connectivity index (χ4n) is 7.60. The zero-order chi connectivity index (χ0) is 30.2. The SMILES string of the molecule is c1ccc(-c2c3ccccc3c(-c3cc4sc5ccccc5c4c4c(-c5cccc6ccccc56)coc34)c3ccccc23)cc1. The summed E-state index contributed by atoms with van der Waals surface area (Å²) in [6.45, 7) is 0. The minimum atomic E-state index is 0.932. The molecule has 0 aliphatic heterocycles. The number of furan rings is 1. The Bertz CT molecular complexity index is 2740. The van der Waals surface area contributed by atoms with Crippen molar-refractivity contribution in [1.29, 1.82) is 0 Å². The zero-order valence-electron chi connectivity index (χ0n) is 24.8. The van der Waals surface area contributed by atoms with Gasteiger partial charge in [0.15, 0.2) is 0 Å². The number of rotatable bonds is 3. The molecule has 0 spiro atoms. The molecule has 10 aromatic rings. The van der Waals surface area contributed by atoms with Gasteiger partial charge >= 0.3 is 0 Å². The molecule has 0 aliphatic rings. The number of hydrogen-bond acceptors (Lipinski definition) is 2. The number of fused-ring (bicyclic) bond motifs is 8. The highest BCUT2D eigenvalue weighted by atomic mass is 32.1. The van der Waals surface area contributed by atoms with Gasteiger partial charge in [-0.25, -0.2) is 0 Å².